The SMILES string of the molecule is COC[C@H]1OC[C@@H](C)[C@H](F)[C@@H]1OC. The second-order valence-electron chi connectivity index (χ2n) is 3.45. The lowest BCUT2D eigenvalue weighted by Gasteiger charge is -2.36. The van der Waals surface area contributed by atoms with E-state index < -0.39 is 12.3 Å². The molecular formula is C9H17FO3. The van der Waals surface area contributed by atoms with Gasteiger partial charge in [-0.25, -0.2) is 4.39 Å². The Hall–Kier alpha value is -0.190. The molecule has 13 heavy (non-hydrogen) atoms. The van der Waals surface area contributed by atoms with Gasteiger partial charge in [-0.2, -0.15) is 0 Å². The maximum atomic E-state index is 13.6. The Kier molecular flexibility index (Phi) is 4.09. The van der Waals surface area contributed by atoms with E-state index in [1.807, 2.05) is 6.92 Å². The lowest BCUT2D eigenvalue weighted by molar-refractivity contribution is -0.164. The third-order valence-electron chi connectivity index (χ3n) is 2.40. The van der Waals surface area contributed by atoms with Crippen LogP contribution >= 0.6 is 0 Å². The number of halogens is 1. The molecule has 0 spiro atoms. The molecule has 1 fully saturated rings. The zero-order chi connectivity index (χ0) is 9.84. The molecule has 0 radical (unpaired) electrons. The van der Waals surface area contributed by atoms with Crippen LogP contribution in [0, 0.1) is 5.92 Å². The van der Waals surface area contributed by atoms with Crippen molar-refractivity contribution in [1.82, 2.24) is 0 Å². The molecule has 0 aliphatic carbocycles. The van der Waals surface area contributed by atoms with Crippen molar-refractivity contribution < 1.29 is 18.6 Å². The van der Waals surface area contributed by atoms with Crippen molar-refractivity contribution in [3.05, 3.63) is 0 Å². The summed E-state index contributed by atoms with van der Waals surface area (Å²) >= 11 is 0. The van der Waals surface area contributed by atoms with Crippen molar-refractivity contribution in [2.75, 3.05) is 27.4 Å². The van der Waals surface area contributed by atoms with E-state index in [9.17, 15) is 4.39 Å². The first kappa shape index (κ1) is 10.9. The van der Waals surface area contributed by atoms with Crippen LogP contribution in [0.3, 0.4) is 0 Å². The topological polar surface area (TPSA) is 27.7 Å². The highest BCUT2D eigenvalue weighted by Gasteiger charge is 2.38. The molecule has 1 aliphatic rings. The van der Waals surface area contributed by atoms with E-state index in [-0.39, 0.29) is 12.0 Å². The maximum Gasteiger partial charge on any atom is 0.134 e. The average molecular weight is 192 g/mol. The third-order valence-corrected chi connectivity index (χ3v) is 2.40. The molecule has 1 heterocycles. The second kappa shape index (κ2) is 4.88. The number of rotatable bonds is 3. The molecule has 0 unspecified atom stereocenters. The second-order valence-corrected chi connectivity index (χ2v) is 3.45. The Bertz CT molecular complexity index is 154. The first-order chi connectivity index (χ1) is 6.20. The van der Waals surface area contributed by atoms with Gasteiger partial charge in [-0.1, -0.05) is 6.92 Å². The van der Waals surface area contributed by atoms with Crippen LogP contribution in [0.4, 0.5) is 4.39 Å². The van der Waals surface area contributed by atoms with Crippen LogP contribution in [0.15, 0.2) is 0 Å². The molecule has 78 valence electrons. The van der Waals surface area contributed by atoms with Crippen LogP contribution in [0.1, 0.15) is 6.92 Å². The number of ether oxygens (including phenoxy) is 3. The average Bonchev–Trinajstić information content (AvgIpc) is 2.12. The molecule has 0 aromatic rings. The van der Waals surface area contributed by atoms with Crippen LogP contribution < -0.4 is 0 Å². The molecule has 4 heteroatoms. The van der Waals surface area contributed by atoms with Crippen LogP contribution in [0.5, 0.6) is 0 Å². The molecular weight excluding hydrogens is 175 g/mol. The van der Waals surface area contributed by atoms with Crippen LogP contribution in [-0.2, 0) is 14.2 Å². The Morgan fingerprint density at radius 1 is 1.46 bits per heavy atom. The third kappa shape index (κ3) is 2.39. The monoisotopic (exact) mass is 192 g/mol. The van der Waals surface area contributed by atoms with Gasteiger partial charge in [0.1, 0.15) is 18.4 Å². The predicted molar refractivity (Wildman–Crippen MR) is 46.5 cm³/mol. The summed E-state index contributed by atoms with van der Waals surface area (Å²) in [5.74, 6) is -0.0990. The molecule has 3 nitrogen and oxygen atoms in total. The summed E-state index contributed by atoms with van der Waals surface area (Å²) in [5, 5.41) is 0. The van der Waals surface area contributed by atoms with Gasteiger partial charge in [-0.3, -0.25) is 0 Å². The molecule has 1 aliphatic heterocycles. The predicted octanol–water partition coefficient (Wildman–Crippen LogP) is 1.02. The lowest BCUT2D eigenvalue weighted by Crippen LogP contribution is -2.49. The molecule has 0 aromatic heterocycles. The largest absolute Gasteiger partial charge is 0.382 e. The van der Waals surface area contributed by atoms with E-state index in [2.05, 4.69) is 0 Å². The first-order valence-corrected chi connectivity index (χ1v) is 4.48. The van der Waals surface area contributed by atoms with Crippen molar-refractivity contribution >= 4 is 0 Å². The van der Waals surface area contributed by atoms with Crippen molar-refractivity contribution in [1.29, 1.82) is 0 Å². The summed E-state index contributed by atoms with van der Waals surface area (Å²) in [6, 6.07) is 0. The van der Waals surface area contributed by atoms with E-state index in [4.69, 9.17) is 14.2 Å². The van der Waals surface area contributed by atoms with Crippen molar-refractivity contribution in [2.45, 2.75) is 25.3 Å². The Morgan fingerprint density at radius 2 is 2.15 bits per heavy atom. The Balaban J connectivity index is 2.55. The zero-order valence-corrected chi connectivity index (χ0v) is 8.33. The highest BCUT2D eigenvalue weighted by atomic mass is 19.1. The van der Waals surface area contributed by atoms with E-state index >= 15 is 0 Å². The van der Waals surface area contributed by atoms with Crippen molar-refractivity contribution in [2.24, 2.45) is 5.92 Å². The maximum absolute atomic E-state index is 13.6. The summed E-state index contributed by atoms with van der Waals surface area (Å²) in [7, 11) is 3.07. The minimum absolute atomic E-state index is 0.0990. The molecule has 4 atom stereocenters. The minimum atomic E-state index is -0.959. The molecule has 0 saturated carbocycles. The number of methoxy groups -OCH3 is 2. The summed E-state index contributed by atoms with van der Waals surface area (Å²) in [6.45, 7) is 2.64. The fourth-order valence-electron chi connectivity index (χ4n) is 1.58. The van der Waals surface area contributed by atoms with Gasteiger partial charge in [0.25, 0.3) is 0 Å². The van der Waals surface area contributed by atoms with Crippen molar-refractivity contribution in [3.8, 4) is 0 Å². The highest BCUT2D eigenvalue weighted by molar-refractivity contribution is 4.86. The van der Waals surface area contributed by atoms with Gasteiger partial charge in [0.15, 0.2) is 0 Å². The molecule has 1 saturated heterocycles. The Labute approximate surface area is 78.2 Å². The molecule has 0 bridgehead atoms. The fourth-order valence-corrected chi connectivity index (χ4v) is 1.58. The van der Waals surface area contributed by atoms with Crippen LogP contribution in [-0.4, -0.2) is 45.8 Å². The molecule has 0 aromatic carbocycles. The molecule has 0 amide bonds. The van der Waals surface area contributed by atoms with Gasteiger partial charge < -0.3 is 14.2 Å². The van der Waals surface area contributed by atoms with Gasteiger partial charge in [-0.05, 0) is 0 Å². The minimum Gasteiger partial charge on any atom is -0.382 e. The highest BCUT2D eigenvalue weighted by Crippen LogP contribution is 2.24. The lowest BCUT2D eigenvalue weighted by atomic mass is 9.95. The summed E-state index contributed by atoms with van der Waals surface area (Å²) in [4.78, 5) is 0. The smallest absolute Gasteiger partial charge is 0.134 e. The summed E-state index contributed by atoms with van der Waals surface area (Å²) in [6.07, 6.45) is -1.73. The van der Waals surface area contributed by atoms with Crippen LogP contribution in [0.25, 0.3) is 0 Å². The van der Waals surface area contributed by atoms with Gasteiger partial charge in [-0.15, -0.1) is 0 Å². The number of hydrogen-bond donors (Lipinski definition) is 0. The number of alkyl halides is 1. The molecule has 1 rings (SSSR count). The first-order valence-electron chi connectivity index (χ1n) is 4.48. The van der Waals surface area contributed by atoms with Gasteiger partial charge in [0.05, 0.1) is 13.2 Å². The van der Waals surface area contributed by atoms with Gasteiger partial charge >= 0.3 is 0 Å². The Morgan fingerprint density at radius 3 is 2.69 bits per heavy atom. The number of hydrogen-bond acceptors (Lipinski definition) is 3. The van der Waals surface area contributed by atoms with E-state index in [1.165, 1.54) is 7.11 Å². The van der Waals surface area contributed by atoms with Crippen molar-refractivity contribution in [3.63, 3.8) is 0 Å². The molecule has 0 N–H and O–H groups in total. The zero-order valence-electron chi connectivity index (χ0n) is 8.33. The fraction of sp³-hybridized carbons (Fsp3) is 1.00. The van der Waals surface area contributed by atoms with Gasteiger partial charge in [0.2, 0.25) is 0 Å². The summed E-state index contributed by atoms with van der Waals surface area (Å²) < 4.78 is 29.0. The van der Waals surface area contributed by atoms with Gasteiger partial charge in [0, 0.05) is 20.1 Å². The summed E-state index contributed by atoms with van der Waals surface area (Å²) in [5.41, 5.74) is 0. The van der Waals surface area contributed by atoms with E-state index in [0.29, 0.717) is 13.2 Å². The van der Waals surface area contributed by atoms with Crippen LogP contribution in [0.2, 0.25) is 0 Å². The normalized spacial score (nSPS) is 40.6. The standard InChI is InChI=1S/C9H17FO3/c1-6-4-13-7(5-11-2)9(12-3)8(6)10/h6-9H,4-5H2,1-3H3/t6-,7-,8+,9-/m1/s1. The quantitative estimate of drug-likeness (QED) is 0.668. The van der Waals surface area contributed by atoms with E-state index in [0.717, 1.165) is 0 Å². The van der Waals surface area contributed by atoms with E-state index in [1.54, 1.807) is 7.11 Å².